The van der Waals surface area contributed by atoms with E-state index in [1.54, 1.807) is 11.9 Å². The number of rotatable bonds is 7. The second-order valence-corrected chi connectivity index (χ2v) is 6.86. The van der Waals surface area contributed by atoms with Gasteiger partial charge < -0.3 is 10.2 Å². The van der Waals surface area contributed by atoms with Crippen molar-refractivity contribution in [1.82, 2.24) is 15.1 Å². The van der Waals surface area contributed by atoms with Crippen molar-refractivity contribution < 1.29 is 9.59 Å². The Morgan fingerprint density at radius 2 is 1.96 bits per heavy atom. The molecule has 1 aliphatic heterocycles. The fraction of sp³-hybridized carbons (Fsp3) is 0.550. The van der Waals surface area contributed by atoms with Crippen LogP contribution < -0.4 is 5.32 Å². The summed E-state index contributed by atoms with van der Waals surface area (Å²) < 4.78 is 0. The Kier molecular flexibility index (Phi) is 7.61. The van der Waals surface area contributed by atoms with E-state index in [9.17, 15) is 9.59 Å². The summed E-state index contributed by atoms with van der Waals surface area (Å²) in [6, 6.07) is 11.7. The van der Waals surface area contributed by atoms with Crippen molar-refractivity contribution in [2.75, 3.05) is 26.7 Å². The van der Waals surface area contributed by atoms with E-state index < -0.39 is 0 Å². The van der Waals surface area contributed by atoms with Crippen LogP contribution in [-0.4, -0.2) is 54.3 Å². The van der Waals surface area contributed by atoms with Crippen LogP contribution in [0.3, 0.4) is 0 Å². The molecule has 2 amide bonds. The van der Waals surface area contributed by atoms with E-state index in [2.05, 4.69) is 16.3 Å². The van der Waals surface area contributed by atoms with Crippen LogP contribution in [0.1, 0.15) is 31.7 Å². The second-order valence-electron chi connectivity index (χ2n) is 6.86. The molecule has 1 aromatic rings. The third kappa shape index (κ3) is 5.57. The number of nitrogens with one attached hydrogen (secondary N) is 1. The molecule has 1 N–H and O–H groups in total. The number of nitriles is 1. The average molecular weight is 356 g/mol. The Morgan fingerprint density at radius 3 is 2.58 bits per heavy atom. The van der Waals surface area contributed by atoms with E-state index in [4.69, 9.17) is 5.26 Å². The number of carbonyl (C=O) groups is 2. The van der Waals surface area contributed by atoms with Crippen LogP contribution in [0.2, 0.25) is 0 Å². The van der Waals surface area contributed by atoms with E-state index in [1.165, 1.54) is 0 Å². The smallest absolute Gasteiger partial charge is 0.239 e. The van der Waals surface area contributed by atoms with E-state index in [-0.39, 0.29) is 23.8 Å². The molecule has 0 aromatic heterocycles. The van der Waals surface area contributed by atoms with Crippen molar-refractivity contribution >= 4 is 11.8 Å². The highest BCUT2D eigenvalue weighted by atomic mass is 16.2. The monoisotopic (exact) mass is 356 g/mol. The molecule has 1 atom stereocenters. The Balaban J connectivity index is 1.76. The lowest BCUT2D eigenvalue weighted by Gasteiger charge is -2.36. The van der Waals surface area contributed by atoms with Gasteiger partial charge in [0.15, 0.2) is 0 Å². The summed E-state index contributed by atoms with van der Waals surface area (Å²) in [5.74, 6) is 0.138. The van der Waals surface area contributed by atoms with Gasteiger partial charge in [0, 0.05) is 26.1 Å². The summed E-state index contributed by atoms with van der Waals surface area (Å²) in [6.45, 7) is 4.39. The van der Waals surface area contributed by atoms with Gasteiger partial charge in [0.05, 0.1) is 18.5 Å². The minimum absolute atomic E-state index is 0.00795. The fourth-order valence-electron chi connectivity index (χ4n) is 3.28. The molecule has 2 rings (SSSR count). The summed E-state index contributed by atoms with van der Waals surface area (Å²) in [7, 11) is 1.74. The molecule has 1 unspecified atom stereocenters. The molecule has 1 saturated heterocycles. The molecule has 1 aliphatic rings. The van der Waals surface area contributed by atoms with E-state index in [0.717, 1.165) is 31.5 Å². The number of carbonyl (C=O) groups excluding carboxylic acids is 2. The molecule has 140 valence electrons. The van der Waals surface area contributed by atoms with Crippen LogP contribution in [0.25, 0.3) is 0 Å². The lowest BCUT2D eigenvalue weighted by Crippen LogP contribution is -2.50. The first-order valence-electron chi connectivity index (χ1n) is 9.20. The number of benzene rings is 1. The van der Waals surface area contributed by atoms with Crippen LogP contribution in [-0.2, 0) is 16.1 Å². The van der Waals surface area contributed by atoms with Gasteiger partial charge in [-0.2, -0.15) is 5.26 Å². The summed E-state index contributed by atoms with van der Waals surface area (Å²) in [5.41, 5.74) is 1.10. The summed E-state index contributed by atoms with van der Waals surface area (Å²) >= 11 is 0. The summed E-state index contributed by atoms with van der Waals surface area (Å²) in [6.07, 6.45) is 1.87. The standard InChI is InChI=1S/C20H28N4O2/c1-16(20(26)23(2)12-6-11-21)24-13-9-18(10-14-24)19(25)22-15-17-7-4-3-5-8-17/h3-5,7-8,16,18H,6,9-10,12-15H2,1-2H3,(H,22,25). The molecule has 6 nitrogen and oxygen atoms in total. The van der Waals surface area contributed by atoms with Gasteiger partial charge in [-0.25, -0.2) is 0 Å². The molecule has 0 bridgehead atoms. The molecule has 1 aromatic carbocycles. The molecular formula is C20H28N4O2. The van der Waals surface area contributed by atoms with Crippen molar-refractivity contribution in [3.05, 3.63) is 35.9 Å². The molecule has 26 heavy (non-hydrogen) atoms. The molecule has 0 radical (unpaired) electrons. The van der Waals surface area contributed by atoms with Gasteiger partial charge in [0.2, 0.25) is 11.8 Å². The van der Waals surface area contributed by atoms with Crippen LogP contribution in [0.5, 0.6) is 0 Å². The third-order valence-corrected chi connectivity index (χ3v) is 5.05. The number of likely N-dealkylation sites (N-methyl/N-ethyl adjacent to an activating group) is 1. The average Bonchev–Trinajstić information content (AvgIpc) is 2.70. The van der Waals surface area contributed by atoms with Crippen molar-refractivity contribution in [2.45, 2.75) is 38.8 Å². The maximum Gasteiger partial charge on any atom is 0.239 e. The van der Waals surface area contributed by atoms with Crippen molar-refractivity contribution in [1.29, 1.82) is 5.26 Å². The fourth-order valence-corrected chi connectivity index (χ4v) is 3.28. The third-order valence-electron chi connectivity index (χ3n) is 5.05. The number of piperidine rings is 1. The molecular weight excluding hydrogens is 328 g/mol. The Labute approximate surface area is 155 Å². The lowest BCUT2D eigenvalue weighted by atomic mass is 9.94. The molecule has 1 heterocycles. The van der Waals surface area contributed by atoms with Gasteiger partial charge in [-0.3, -0.25) is 14.5 Å². The lowest BCUT2D eigenvalue weighted by molar-refractivity contribution is -0.136. The normalized spacial score (nSPS) is 16.5. The van der Waals surface area contributed by atoms with Gasteiger partial charge in [-0.1, -0.05) is 30.3 Å². The van der Waals surface area contributed by atoms with Crippen LogP contribution in [0.4, 0.5) is 0 Å². The molecule has 0 spiro atoms. The molecule has 0 saturated carbocycles. The number of hydrogen-bond acceptors (Lipinski definition) is 4. The zero-order valence-corrected chi connectivity index (χ0v) is 15.6. The minimum atomic E-state index is -0.216. The summed E-state index contributed by atoms with van der Waals surface area (Å²) in [4.78, 5) is 28.5. The maximum absolute atomic E-state index is 12.4. The molecule has 6 heteroatoms. The predicted molar refractivity (Wildman–Crippen MR) is 99.9 cm³/mol. The van der Waals surface area contributed by atoms with Crippen molar-refractivity contribution in [2.24, 2.45) is 5.92 Å². The molecule has 1 fully saturated rings. The highest BCUT2D eigenvalue weighted by molar-refractivity contribution is 5.81. The van der Waals surface area contributed by atoms with Gasteiger partial charge >= 0.3 is 0 Å². The van der Waals surface area contributed by atoms with Crippen LogP contribution in [0, 0.1) is 17.2 Å². The van der Waals surface area contributed by atoms with Gasteiger partial charge in [-0.05, 0) is 38.4 Å². The number of amides is 2. The zero-order chi connectivity index (χ0) is 18.9. The first kappa shape index (κ1) is 19.9. The number of hydrogen-bond donors (Lipinski definition) is 1. The Morgan fingerprint density at radius 1 is 1.31 bits per heavy atom. The highest BCUT2D eigenvalue weighted by Gasteiger charge is 2.30. The molecule has 0 aliphatic carbocycles. The first-order chi connectivity index (χ1) is 12.5. The number of likely N-dealkylation sites (tertiary alicyclic amines) is 1. The van der Waals surface area contributed by atoms with E-state index in [0.29, 0.717) is 19.5 Å². The van der Waals surface area contributed by atoms with Gasteiger partial charge in [0.1, 0.15) is 0 Å². The van der Waals surface area contributed by atoms with Crippen molar-refractivity contribution in [3.63, 3.8) is 0 Å². The van der Waals surface area contributed by atoms with E-state index in [1.807, 2.05) is 37.3 Å². The van der Waals surface area contributed by atoms with Crippen molar-refractivity contribution in [3.8, 4) is 6.07 Å². The van der Waals surface area contributed by atoms with Gasteiger partial charge in [0.25, 0.3) is 0 Å². The van der Waals surface area contributed by atoms with E-state index >= 15 is 0 Å². The predicted octanol–water partition coefficient (Wildman–Crippen LogP) is 1.78. The quantitative estimate of drug-likeness (QED) is 0.808. The SMILES string of the molecule is CC(C(=O)N(C)CCC#N)N1CCC(C(=O)NCc2ccccc2)CC1. The second kappa shape index (κ2) is 9.93. The van der Waals surface area contributed by atoms with Gasteiger partial charge in [-0.15, -0.1) is 0 Å². The first-order valence-corrected chi connectivity index (χ1v) is 9.20. The summed E-state index contributed by atoms with van der Waals surface area (Å²) in [5, 5.41) is 11.7. The Bertz CT molecular complexity index is 633. The largest absolute Gasteiger partial charge is 0.352 e. The zero-order valence-electron chi connectivity index (χ0n) is 15.6. The maximum atomic E-state index is 12.4. The highest BCUT2D eigenvalue weighted by Crippen LogP contribution is 2.20. The van der Waals surface area contributed by atoms with Crippen LogP contribution in [0.15, 0.2) is 30.3 Å². The topological polar surface area (TPSA) is 76.4 Å². The number of nitrogens with zero attached hydrogens (tertiary/aromatic N) is 3. The Hall–Kier alpha value is -2.39. The minimum Gasteiger partial charge on any atom is -0.352 e. The van der Waals surface area contributed by atoms with Crippen LogP contribution >= 0.6 is 0 Å².